The van der Waals surface area contributed by atoms with Gasteiger partial charge in [-0.25, -0.2) is 9.29 Å². The van der Waals surface area contributed by atoms with Crippen LogP contribution in [0.5, 0.6) is 0 Å². The van der Waals surface area contributed by atoms with E-state index in [0.717, 1.165) is 16.5 Å². The van der Waals surface area contributed by atoms with Crippen LogP contribution in [-0.4, -0.2) is 17.7 Å². The van der Waals surface area contributed by atoms with Gasteiger partial charge in [0.15, 0.2) is 0 Å². The first-order valence-corrected chi connectivity index (χ1v) is 11.0. The van der Waals surface area contributed by atoms with E-state index >= 15 is 0 Å². The lowest BCUT2D eigenvalue weighted by Gasteiger charge is -2.16. The van der Waals surface area contributed by atoms with E-state index < -0.39 is 23.5 Å². The molecule has 3 aromatic rings. The maximum Gasteiger partial charge on any atom is 0.283 e. The number of anilines is 3. The molecule has 6 nitrogen and oxygen atoms in total. The summed E-state index contributed by atoms with van der Waals surface area (Å²) in [7, 11) is 0. The molecule has 3 aromatic carbocycles. The molecule has 34 heavy (non-hydrogen) atoms. The van der Waals surface area contributed by atoms with Crippen molar-refractivity contribution in [3.8, 4) is 0 Å². The Bertz CT molecular complexity index is 1390. The molecule has 0 aromatic heterocycles. The number of nitrogens with zero attached hydrogens (tertiary/aromatic N) is 1. The van der Waals surface area contributed by atoms with E-state index in [4.69, 9.17) is 34.8 Å². The van der Waals surface area contributed by atoms with Crippen LogP contribution in [0.2, 0.25) is 10.0 Å². The number of halogens is 4. The first kappa shape index (κ1) is 23.8. The highest BCUT2D eigenvalue weighted by Gasteiger charge is 2.39. The molecule has 4 rings (SSSR count). The van der Waals surface area contributed by atoms with Gasteiger partial charge in [-0.2, -0.15) is 0 Å². The summed E-state index contributed by atoms with van der Waals surface area (Å²) in [5.74, 6) is -2.45. The number of aryl methyl sites for hydroxylation is 1. The zero-order valence-corrected chi connectivity index (χ0v) is 19.7. The van der Waals surface area contributed by atoms with E-state index in [2.05, 4.69) is 10.6 Å². The third-order valence-electron chi connectivity index (χ3n) is 5.01. The van der Waals surface area contributed by atoms with E-state index in [1.54, 1.807) is 37.3 Å². The molecule has 0 atom stereocenters. The summed E-state index contributed by atoms with van der Waals surface area (Å²) in [5, 5.41) is 5.42. The molecule has 3 amide bonds. The Kier molecular flexibility index (Phi) is 6.61. The molecular formula is C24H15Cl3FN3O3. The number of nitrogens with one attached hydrogen (secondary N) is 2. The Labute approximate surface area is 208 Å². The number of imide groups is 1. The van der Waals surface area contributed by atoms with Crippen molar-refractivity contribution in [3.05, 3.63) is 98.4 Å². The monoisotopic (exact) mass is 517 g/mol. The fourth-order valence-corrected chi connectivity index (χ4v) is 3.79. The smallest absolute Gasteiger partial charge is 0.283 e. The lowest BCUT2D eigenvalue weighted by Crippen LogP contribution is -2.32. The van der Waals surface area contributed by atoms with Crippen molar-refractivity contribution < 1.29 is 18.8 Å². The molecule has 0 aliphatic carbocycles. The number of benzene rings is 3. The number of amides is 3. The fraction of sp³-hybridized carbons (Fsp3) is 0.0417. The normalized spacial score (nSPS) is 13.5. The summed E-state index contributed by atoms with van der Waals surface area (Å²) < 4.78 is 13.3. The molecule has 0 bridgehead atoms. The van der Waals surface area contributed by atoms with Crippen molar-refractivity contribution in [1.82, 2.24) is 0 Å². The van der Waals surface area contributed by atoms with Crippen LogP contribution in [0.25, 0.3) is 0 Å². The zero-order valence-electron chi connectivity index (χ0n) is 17.5. The SMILES string of the molecule is Cc1ccc(N2C(=O)C(Cl)=C(Nc3cccc(C(=O)Nc4ccc(F)c(Cl)c4)c3)C2=O)cc1Cl. The highest BCUT2D eigenvalue weighted by atomic mass is 35.5. The molecule has 0 radical (unpaired) electrons. The Balaban J connectivity index is 1.54. The second kappa shape index (κ2) is 9.46. The molecule has 1 heterocycles. The summed E-state index contributed by atoms with van der Waals surface area (Å²) in [4.78, 5) is 39.2. The highest BCUT2D eigenvalue weighted by Crippen LogP contribution is 2.32. The quantitative estimate of drug-likeness (QED) is 0.398. The molecule has 1 aliphatic heterocycles. The Morgan fingerprint density at radius 1 is 0.882 bits per heavy atom. The molecule has 0 saturated heterocycles. The van der Waals surface area contributed by atoms with Crippen LogP contribution in [0.4, 0.5) is 21.5 Å². The second-order valence-electron chi connectivity index (χ2n) is 7.36. The minimum Gasteiger partial charge on any atom is -0.350 e. The van der Waals surface area contributed by atoms with Crippen molar-refractivity contribution in [2.45, 2.75) is 6.92 Å². The number of hydrogen-bond donors (Lipinski definition) is 2. The Morgan fingerprint density at radius 2 is 1.65 bits per heavy atom. The predicted molar refractivity (Wildman–Crippen MR) is 131 cm³/mol. The first-order chi connectivity index (χ1) is 16.2. The van der Waals surface area contributed by atoms with Crippen LogP contribution in [0, 0.1) is 12.7 Å². The van der Waals surface area contributed by atoms with Gasteiger partial charge in [0.1, 0.15) is 16.5 Å². The van der Waals surface area contributed by atoms with Crippen molar-refractivity contribution in [3.63, 3.8) is 0 Å². The summed E-state index contributed by atoms with van der Waals surface area (Å²) in [5.41, 5.74) is 1.84. The lowest BCUT2D eigenvalue weighted by molar-refractivity contribution is -0.120. The van der Waals surface area contributed by atoms with Gasteiger partial charge in [-0.05, 0) is 61.0 Å². The summed E-state index contributed by atoms with van der Waals surface area (Å²) in [6.45, 7) is 1.80. The van der Waals surface area contributed by atoms with E-state index in [0.29, 0.717) is 16.4 Å². The predicted octanol–water partition coefficient (Wildman–Crippen LogP) is 6.13. The van der Waals surface area contributed by atoms with E-state index in [1.807, 2.05) is 0 Å². The summed E-state index contributed by atoms with van der Waals surface area (Å²) in [6.07, 6.45) is 0. The molecule has 2 N–H and O–H groups in total. The van der Waals surface area contributed by atoms with Crippen molar-refractivity contribution in [1.29, 1.82) is 0 Å². The van der Waals surface area contributed by atoms with Gasteiger partial charge in [0.2, 0.25) is 0 Å². The summed E-state index contributed by atoms with van der Waals surface area (Å²) >= 11 is 18.1. The fourth-order valence-electron chi connectivity index (χ4n) is 3.23. The largest absolute Gasteiger partial charge is 0.350 e. The summed E-state index contributed by atoms with van der Waals surface area (Å²) in [6, 6.07) is 14.8. The first-order valence-electron chi connectivity index (χ1n) is 9.84. The second-order valence-corrected chi connectivity index (χ2v) is 8.55. The van der Waals surface area contributed by atoms with Crippen molar-refractivity contribution in [2.75, 3.05) is 15.5 Å². The number of carbonyl (C=O) groups is 3. The molecular weight excluding hydrogens is 504 g/mol. The number of hydrogen-bond acceptors (Lipinski definition) is 4. The molecule has 0 spiro atoms. The third-order valence-corrected chi connectivity index (χ3v) is 6.06. The Morgan fingerprint density at radius 3 is 2.35 bits per heavy atom. The van der Waals surface area contributed by atoms with Crippen molar-refractivity contribution in [2.24, 2.45) is 0 Å². The van der Waals surface area contributed by atoms with Gasteiger partial charge < -0.3 is 10.6 Å². The van der Waals surface area contributed by atoms with Crippen LogP contribution in [0.1, 0.15) is 15.9 Å². The topological polar surface area (TPSA) is 78.5 Å². The van der Waals surface area contributed by atoms with Gasteiger partial charge in [0, 0.05) is 22.0 Å². The zero-order chi connectivity index (χ0) is 24.6. The van der Waals surface area contributed by atoms with Gasteiger partial charge in [-0.15, -0.1) is 0 Å². The average molecular weight is 519 g/mol. The molecule has 0 fully saturated rings. The standard InChI is InChI=1S/C24H15Cl3FN3O3/c1-12-5-7-16(11-17(12)25)31-23(33)20(27)21(24(31)34)29-14-4-2-3-13(9-14)22(32)30-15-6-8-19(28)18(26)10-15/h2-11,29H,1H3,(H,30,32). The molecule has 0 unspecified atom stereocenters. The van der Waals surface area contributed by atoms with Gasteiger partial charge in [0.25, 0.3) is 17.7 Å². The van der Waals surface area contributed by atoms with Crippen LogP contribution < -0.4 is 15.5 Å². The van der Waals surface area contributed by atoms with Crippen LogP contribution in [0.15, 0.2) is 71.4 Å². The third kappa shape index (κ3) is 4.63. The molecule has 1 aliphatic rings. The molecule has 10 heteroatoms. The number of rotatable bonds is 5. The van der Waals surface area contributed by atoms with Gasteiger partial charge in [-0.1, -0.05) is 46.9 Å². The van der Waals surface area contributed by atoms with Gasteiger partial charge in [-0.3, -0.25) is 14.4 Å². The maximum absolute atomic E-state index is 13.3. The number of carbonyl (C=O) groups excluding carboxylic acids is 3. The van der Waals surface area contributed by atoms with Crippen LogP contribution in [0.3, 0.4) is 0 Å². The van der Waals surface area contributed by atoms with Crippen LogP contribution in [-0.2, 0) is 9.59 Å². The maximum atomic E-state index is 13.3. The average Bonchev–Trinajstić information content (AvgIpc) is 3.01. The minimum absolute atomic E-state index is 0.126. The lowest BCUT2D eigenvalue weighted by atomic mass is 10.1. The molecule has 0 saturated carbocycles. The molecule has 172 valence electrons. The highest BCUT2D eigenvalue weighted by molar-refractivity contribution is 6.53. The van der Waals surface area contributed by atoms with E-state index in [1.165, 1.54) is 24.3 Å². The van der Waals surface area contributed by atoms with Gasteiger partial charge in [0.05, 0.1) is 10.7 Å². The van der Waals surface area contributed by atoms with Gasteiger partial charge >= 0.3 is 0 Å². The van der Waals surface area contributed by atoms with E-state index in [9.17, 15) is 18.8 Å². The van der Waals surface area contributed by atoms with Crippen LogP contribution >= 0.6 is 34.8 Å². The Hall–Kier alpha value is -3.39. The van der Waals surface area contributed by atoms with Crippen molar-refractivity contribution >= 4 is 69.6 Å². The minimum atomic E-state index is -0.698. The van der Waals surface area contributed by atoms with E-state index in [-0.39, 0.29) is 27.0 Å².